The first-order valence-corrected chi connectivity index (χ1v) is 6.39. The maximum atomic E-state index is 13.1. The van der Waals surface area contributed by atoms with Crippen LogP contribution in [0.15, 0.2) is 18.2 Å². The van der Waals surface area contributed by atoms with Gasteiger partial charge in [-0.05, 0) is 18.2 Å². The van der Waals surface area contributed by atoms with E-state index >= 15 is 0 Å². The number of nitrogens with zero attached hydrogens (tertiary/aromatic N) is 1. The van der Waals surface area contributed by atoms with Crippen molar-refractivity contribution < 1.29 is 22.3 Å². The molecule has 20 heavy (non-hydrogen) atoms. The smallest absolute Gasteiger partial charge is 0.419 e. The third-order valence-electron chi connectivity index (χ3n) is 3.13. The average Bonchev–Trinajstić information content (AvgIpc) is 2.40. The molecule has 1 fully saturated rings. The summed E-state index contributed by atoms with van der Waals surface area (Å²) in [6.45, 7) is 4.49. The van der Waals surface area contributed by atoms with Gasteiger partial charge in [0.25, 0.3) is 0 Å². The summed E-state index contributed by atoms with van der Waals surface area (Å²) in [6, 6.07) is 2.69. The number of benzene rings is 1. The van der Waals surface area contributed by atoms with Crippen molar-refractivity contribution in [3.8, 4) is 5.75 Å². The zero-order chi connectivity index (χ0) is 14.6. The molecule has 0 aromatic heterocycles. The molecule has 1 saturated heterocycles. The van der Waals surface area contributed by atoms with Crippen LogP contribution in [0.2, 0.25) is 0 Å². The number of ether oxygens (including phenoxy) is 1. The number of rotatable bonds is 4. The molecule has 0 aliphatic carbocycles. The maximum Gasteiger partial charge on any atom is 0.419 e. The molecule has 0 radical (unpaired) electrons. The predicted molar refractivity (Wildman–Crippen MR) is 66.2 cm³/mol. The van der Waals surface area contributed by atoms with Gasteiger partial charge in [0.05, 0.1) is 5.56 Å². The molecule has 1 N–H and O–H groups in total. The molecule has 3 nitrogen and oxygen atoms in total. The minimum atomic E-state index is -4.71. The lowest BCUT2D eigenvalue weighted by atomic mass is 10.2. The van der Waals surface area contributed by atoms with Gasteiger partial charge in [0.1, 0.15) is 18.2 Å². The Bertz CT molecular complexity index is 444. The Morgan fingerprint density at radius 3 is 2.55 bits per heavy atom. The van der Waals surface area contributed by atoms with Gasteiger partial charge in [0, 0.05) is 32.7 Å². The summed E-state index contributed by atoms with van der Waals surface area (Å²) in [5, 5.41) is 3.20. The third-order valence-corrected chi connectivity index (χ3v) is 3.13. The molecule has 0 unspecified atom stereocenters. The lowest BCUT2D eigenvalue weighted by molar-refractivity contribution is -0.140. The van der Waals surface area contributed by atoms with Crippen molar-refractivity contribution in [2.45, 2.75) is 6.18 Å². The molecule has 2 rings (SSSR count). The Morgan fingerprint density at radius 1 is 1.20 bits per heavy atom. The minimum absolute atomic E-state index is 0.0360. The van der Waals surface area contributed by atoms with Crippen molar-refractivity contribution >= 4 is 0 Å². The van der Waals surface area contributed by atoms with E-state index in [4.69, 9.17) is 4.74 Å². The summed E-state index contributed by atoms with van der Waals surface area (Å²) in [5.74, 6) is -1.25. The van der Waals surface area contributed by atoms with E-state index in [1.54, 1.807) is 0 Å². The van der Waals surface area contributed by atoms with Crippen LogP contribution in [0, 0.1) is 5.82 Å². The zero-order valence-corrected chi connectivity index (χ0v) is 10.8. The molecular formula is C13H16F4N2O. The van der Waals surface area contributed by atoms with Crippen LogP contribution < -0.4 is 10.1 Å². The molecule has 1 aliphatic rings. The molecule has 0 spiro atoms. The van der Waals surface area contributed by atoms with E-state index in [0.29, 0.717) is 12.6 Å². The fraction of sp³-hybridized carbons (Fsp3) is 0.538. The number of alkyl halides is 3. The van der Waals surface area contributed by atoms with Crippen molar-refractivity contribution in [2.75, 3.05) is 39.3 Å². The summed E-state index contributed by atoms with van der Waals surface area (Å²) in [4.78, 5) is 2.16. The van der Waals surface area contributed by atoms with E-state index in [1.807, 2.05) is 0 Å². The van der Waals surface area contributed by atoms with E-state index in [0.717, 1.165) is 32.2 Å². The van der Waals surface area contributed by atoms with Gasteiger partial charge in [-0.15, -0.1) is 0 Å². The monoisotopic (exact) mass is 292 g/mol. The van der Waals surface area contributed by atoms with Gasteiger partial charge in [-0.1, -0.05) is 0 Å². The second-order valence-corrected chi connectivity index (χ2v) is 4.58. The highest BCUT2D eigenvalue weighted by atomic mass is 19.4. The number of hydrogen-bond acceptors (Lipinski definition) is 3. The summed E-state index contributed by atoms with van der Waals surface area (Å²) in [6.07, 6.45) is -4.71. The van der Waals surface area contributed by atoms with Crippen LogP contribution in [-0.2, 0) is 6.18 Å². The molecule has 1 aromatic rings. The van der Waals surface area contributed by atoms with Gasteiger partial charge in [-0.2, -0.15) is 13.2 Å². The van der Waals surface area contributed by atoms with Crippen molar-refractivity contribution in [2.24, 2.45) is 0 Å². The van der Waals surface area contributed by atoms with E-state index in [-0.39, 0.29) is 12.4 Å². The predicted octanol–water partition coefficient (Wildman–Crippen LogP) is 2.13. The highest BCUT2D eigenvalue weighted by Crippen LogP contribution is 2.33. The molecule has 1 aromatic carbocycles. The molecule has 7 heteroatoms. The van der Waals surface area contributed by atoms with Gasteiger partial charge >= 0.3 is 6.18 Å². The molecule has 0 saturated carbocycles. The quantitative estimate of drug-likeness (QED) is 0.860. The molecule has 0 amide bonds. The Morgan fingerprint density at radius 2 is 1.90 bits per heavy atom. The Kier molecular flexibility index (Phi) is 4.82. The van der Waals surface area contributed by atoms with Crippen LogP contribution in [-0.4, -0.2) is 44.2 Å². The first-order chi connectivity index (χ1) is 9.47. The Labute approximate surface area is 114 Å². The van der Waals surface area contributed by atoms with Gasteiger partial charge in [-0.3, -0.25) is 4.90 Å². The van der Waals surface area contributed by atoms with Gasteiger partial charge < -0.3 is 10.1 Å². The normalized spacial score (nSPS) is 17.2. The lowest BCUT2D eigenvalue weighted by Crippen LogP contribution is -2.44. The first-order valence-electron chi connectivity index (χ1n) is 6.39. The third kappa shape index (κ3) is 4.08. The van der Waals surface area contributed by atoms with Crippen molar-refractivity contribution in [1.29, 1.82) is 0 Å². The van der Waals surface area contributed by atoms with E-state index in [2.05, 4.69) is 10.2 Å². The summed E-state index contributed by atoms with van der Waals surface area (Å²) < 4.78 is 56.0. The highest BCUT2D eigenvalue weighted by Gasteiger charge is 2.34. The molecule has 0 bridgehead atoms. The molecule has 112 valence electrons. The van der Waals surface area contributed by atoms with E-state index in [9.17, 15) is 17.6 Å². The second kappa shape index (κ2) is 6.41. The SMILES string of the molecule is Fc1ccc(OCCN2CCNCC2)cc1C(F)(F)F. The largest absolute Gasteiger partial charge is 0.492 e. The van der Waals surface area contributed by atoms with Gasteiger partial charge in [0.15, 0.2) is 0 Å². The standard InChI is InChI=1S/C13H16F4N2O/c14-12-2-1-10(9-11(12)13(15,16)17)20-8-7-19-5-3-18-4-6-19/h1-2,9,18H,3-8H2. The molecule has 1 heterocycles. The van der Waals surface area contributed by atoms with Gasteiger partial charge in [-0.25, -0.2) is 4.39 Å². The highest BCUT2D eigenvalue weighted by molar-refractivity contribution is 5.31. The lowest BCUT2D eigenvalue weighted by Gasteiger charge is -2.26. The van der Waals surface area contributed by atoms with E-state index in [1.165, 1.54) is 6.07 Å². The summed E-state index contributed by atoms with van der Waals surface area (Å²) >= 11 is 0. The number of piperazine rings is 1. The Balaban J connectivity index is 1.89. The topological polar surface area (TPSA) is 24.5 Å². The Hall–Kier alpha value is -1.34. The van der Waals surface area contributed by atoms with Crippen LogP contribution in [0.1, 0.15) is 5.56 Å². The maximum absolute atomic E-state index is 13.1. The molecule has 1 aliphatic heterocycles. The zero-order valence-electron chi connectivity index (χ0n) is 10.8. The second-order valence-electron chi connectivity index (χ2n) is 4.58. The number of nitrogens with one attached hydrogen (secondary N) is 1. The van der Waals surface area contributed by atoms with Crippen LogP contribution in [0.25, 0.3) is 0 Å². The van der Waals surface area contributed by atoms with Crippen LogP contribution >= 0.6 is 0 Å². The van der Waals surface area contributed by atoms with Crippen LogP contribution in [0.5, 0.6) is 5.75 Å². The van der Waals surface area contributed by atoms with Crippen molar-refractivity contribution in [1.82, 2.24) is 10.2 Å². The van der Waals surface area contributed by atoms with Crippen LogP contribution in [0.4, 0.5) is 17.6 Å². The first kappa shape index (κ1) is 15.1. The van der Waals surface area contributed by atoms with Crippen LogP contribution in [0.3, 0.4) is 0 Å². The van der Waals surface area contributed by atoms with Gasteiger partial charge in [0.2, 0.25) is 0 Å². The summed E-state index contributed by atoms with van der Waals surface area (Å²) in [7, 11) is 0. The number of halogens is 4. The minimum Gasteiger partial charge on any atom is -0.492 e. The van der Waals surface area contributed by atoms with E-state index < -0.39 is 17.6 Å². The van der Waals surface area contributed by atoms with Crippen molar-refractivity contribution in [3.05, 3.63) is 29.6 Å². The van der Waals surface area contributed by atoms with Crippen molar-refractivity contribution in [3.63, 3.8) is 0 Å². The fourth-order valence-corrected chi connectivity index (χ4v) is 2.04. The summed E-state index contributed by atoms with van der Waals surface area (Å²) in [5.41, 5.74) is -1.29. The average molecular weight is 292 g/mol. The molecular weight excluding hydrogens is 276 g/mol. The fourth-order valence-electron chi connectivity index (χ4n) is 2.04. The number of hydrogen-bond donors (Lipinski definition) is 1. The molecule has 0 atom stereocenters.